The van der Waals surface area contributed by atoms with Crippen LogP contribution in [0.25, 0.3) is 11.3 Å². The molecule has 20 heavy (non-hydrogen) atoms. The first-order valence-corrected chi connectivity index (χ1v) is 7.87. The molecule has 0 bridgehead atoms. The number of aliphatic hydroxyl groups excluding tert-OH is 1. The third-order valence-corrected chi connectivity index (χ3v) is 5.07. The molecule has 0 atom stereocenters. The van der Waals surface area contributed by atoms with E-state index in [4.69, 9.17) is 4.98 Å². The molecule has 2 aromatic rings. The summed E-state index contributed by atoms with van der Waals surface area (Å²) >= 11 is 1.62. The summed E-state index contributed by atoms with van der Waals surface area (Å²) in [6, 6.07) is 10.1. The molecule has 0 amide bonds. The Kier molecular flexibility index (Phi) is 3.52. The lowest BCUT2D eigenvalue weighted by Crippen LogP contribution is -2.37. The number of anilines is 1. The van der Waals surface area contributed by atoms with Crippen molar-refractivity contribution in [2.45, 2.75) is 38.8 Å². The summed E-state index contributed by atoms with van der Waals surface area (Å²) in [5.41, 5.74) is 2.17. The van der Waals surface area contributed by atoms with Gasteiger partial charge in [0.15, 0.2) is 5.13 Å². The van der Waals surface area contributed by atoms with E-state index in [0.29, 0.717) is 0 Å². The van der Waals surface area contributed by atoms with Crippen LogP contribution in [0.5, 0.6) is 0 Å². The second-order valence-electron chi connectivity index (χ2n) is 5.86. The monoisotopic (exact) mass is 288 g/mol. The normalized spacial score (nSPS) is 17.6. The Morgan fingerprint density at radius 1 is 1.30 bits per heavy atom. The fourth-order valence-electron chi connectivity index (χ4n) is 2.85. The van der Waals surface area contributed by atoms with Gasteiger partial charge in [-0.1, -0.05) is 41.7 Å². The van der Waals surface area contributed by atoms with Gasteiger partial charge in [0, 0.05) is 17.6 Å². The van der Waals surface area contributed by atoms with Crippen molar-refractivity contribution in [2.75, 3.05) is 11.4 Å². The maximum Gasteiger partial charge on any atom is 0.186 e. The second-order valence-corrected chi connectivity index (χ2v) is 6.92. The molecular formula is C16H20N2OS. The van der Waals surface area contributed by atoms with Crippen molar-refractivity contribution in [3.8, 4) is 11.3 Å². The maximum atomic E-state index is 9.62. The highest BCUT2D eigenvalue weighted by Gasteiger charge is 2.34. The third-order valence-electron chi connectivity index (χ3n) is 4.01. The van der Waals surface area contributed by atoms with E-state index in [1.807, 2.05) is 30.3 Å². The van der Waals surface area contributed by atoms with Gasteiger partial charge in [0.05, 0.1) is 17.2 Å². The van der Waals surface area contributed by atoms with Crippen molar-refractivity contribution >= 4 is 16.5 Å². The average Bonchev–Trinajstić information content (AvgIpc) is 3.02. The Labute approximate surface area is 123 Å². The largest absolute Gasteiger partial charge is 0.391 e. The van der Waals surface area contributed by atoms with Gasteiger partial charge < -0.3 is 10.0 Å². The summed E-state index contributed by atoms with van der Waals surface area (Å²) in [6.07, 6.45) is 2.41. The van der Waals surface area contributed by atoms with Gasteiger partial charge in [-0.05, 0) is 26.7 Å². The molecule has 0 saturated carbocycles. The summed E-state index contributed by atoms with van der Waals surface area (Å²) in [4.78, 5) is 8.14. The second kappa shape index (κ2) is 5.19. The van der Waals surface area contributed by atoms with Crippen LogP contribution in [0.1, 0.15) is 31.6 Å². The summed E-state index contributed by atoms with van der Waals surface area (Å²) in [7, 11) is 0. The van der Waals surface area contributed by atoms with Gasteiger partial charge in [-0.25, -0.2) is 4.98 Å². The SMILES string of the molecule is CC1(C)CCCN1c1nc(-c2ccccc2)c(CO)s1. The van der Waals surface area contributed by atoms with Crippen LogP contribution in [-0.2, 0) is 6.61 Å². The smallest absolute Gasteiger partial charge is 0.186 e. The van der Waals surface area contributed by atoms with E-state index in [1.54, 1.807) is 11.3 Å². The first kappa shape index (κ1) is 13.6. The quantitative estimate of drug-likeness (QED) is 0.936. The molecule has 1 aliphatic heterocycles. The molecule has 1 saturated heterocycles. The van der Waals surface area contributed by atoms with E-state index in [1.165, 1.54) is 12.8 Å². The topological polar surface area (TPSA) is 36.4 Å². The zero-order valence-corrected chi connectivity index (χ0v) is 12.8. The van der Waals surface area contributed by atoms with Crippen LogP contribution in [0.2, 0.25) is 0 Å². The van der Waals surface area contributed by atoms with Crippen molar-refractivity contribution in [3.05, 3.63) is 35.2 Å². The van der Waals surface area contributed by atoms with E-state index in [2.05, 4.69) is 18.7 Å². The number of aliphatic hydroxyl groups is 1. The Morgan fingerprint density at radius 3 is 2.65 bits per heavy atom. The molecule has 4 heteroatoms. The van der Waals surface area contributed by atoms with Crippen LogP contribution < -0.4 is 4.90 Å². The van der Waals surface area contributed by atoms with E-state index >= 15 is 0 Å². The first-order valence-electron chi connectivity index (χ1n) is 7.05. The molecule has 3 rings (SSSR count). The predicted molar refractivity (Wildman–Crippen MR) is 84.1 cm³/mol. The molecule has 1 aromatic heterocycles. The summed E-state index contributed by atoms with van der Waals surface area (Å²) in [5, 5.41) is 10.7. The van der Waals surface area contributed by atoms with Crippen molar-refractivity contribution < 1.29 is 5.11 Å². The van der Waals surface area contributed by atoms with Crippen molar-refractivity contribution in [3.63, 3.8) is 0 Å². The van der Waals surface area contributed by atoms with Crippen LogP contribution in [0.15, 0.2) is 30.3 Å². The minimum atomic E-state index is 0.0517. The standard InChI is InChI=1S/C16H20N2OS/c1-16(2)9-6-10-18(16)15-17-14(13(11-19)20-15)12-7-4-3-5-8-12/h3-5,7-8,19H,6,9-11H2,1-2H3. The molecule has 0 unspecified atom stereocenters. The summed E-state index contributed by atoms with van der Waals surface area (Å²) < 4.78 is 0. The van der Waals surface area contributed by atoms with Crippen molar-refractivity contribution in [1.29, 1.82) is 0 Å². The molecule has 1 N–H and O–H groups in total. The molecule has 106 valence electrons. The first-order chi connectivity index (χ1) is 9.62. The average molecular weight is 288 g/mol. The van der Waals surface area contributed by atoms with E-state index in [-0.39, 0.29) is 12.1 Å². The van der Waals surface area contributed by atoms with Gasteiger partial charge in [0.2, 0.25) is 0 Å². The molecule has 0 radical (unpaired) electrons. The molecular weight excluding hydrogens is 268 g/mol. The lowest BCUT2D eigenvalue weighted by atomic mass is 10.0. The number of thiazole rings is 1. The molecule has 2 heterocycles. The Bertz CT molecular complexity index is 592. The zero-order chi connectivity index (χ0) is 14.2. The molecule has 1 fully saturated rings. The Hall–Kier alpha value is -1.39. The highest BCUT2D eigenvalue weighted by atomic mass is 32.1. The minimum Gasteiger partial charge on any atom is -0.391 e. The van der Waals surface area contributed by atoms with Gasteiger partial charge in [-0.15, -0.1) is 0 Å². The van der Waals surface area contributed by atoms with Crippen LogP contribution in [0, 0.1) is 0 Å². The van der Waals surface area contributed by atoms with Crippen LogP contribution in [-0.4, -0.2) is 22.2 Å². The van der Waals surface area contributed by atoms with Crippen LogP contribution in [0.3, 0.4) is 0 Å². The summed E-state index contributed by atoms with van der Waals surface area (Å²) in [6.45, 7) is 5.64. The fraction of sp³-hybridized carbons (Fsp3) is 0.438. The molecule has 1 aliphatic rings. The Morgan fingerprint density at radius 2 is 2.05 bits per heavy atom. The van der Waals surface area contributed by atoms with Crippen LogP contribution in [0.4, 0.5) is 5.13 Å². The molecule has 1 aromatic carbocycles. The van der Waals surface area contributed by atoms with E-state index in [0.717, 1.165) is 27.8 Å². The lowest BCUT2D eigenvalue weighted by Gasteiger charge is -2.31. The predicted octanol–water partition coefficient (Wildman–Crippen LogP) is 3.68. The number of hydrogen-bond donors (Lipinski definition) is 1. The van der Waals surface area contributed by atoms with Gasteiger partial charge in [0.25, 0.3) is 0 Å². The number of rotatable bonds is 3. The molecule has 0 aliphatic carbocycles. The van der Waals surface area contributed by atoms with Crippen LogP contribution >= 0.6 is 11.3 Å². The summed E-state index contributed by atoms with van der Waals surface area (Å²) in [5.74, 6) is 0. The highest BCUT2D eigenvalue weighted by molar-refractivity contribution is 7.16. The third kappa shape index (κ3) is 2.34. The number of nitrogens with zero attached hydrogens (tertiary/aromatic N) is 2. The molecule has 3 nitrogen and oxygen atoms in total. The highest BCUT2D eigenvalue weighted by Crippen LogP contribution is 2.39. The number of benzene rings is 1. The Balaban J connectivity index is 2.01. The lowest BCUT2D eigenvalue weighted by molar-refractivity contribution is 0.286. The van der Waals surface area contributed by atoms with Crippen molar-refractivity contribution in [1.82, 2.24) is 4.98 Å². The maximum absolute atomic E-state index is 9.62. The zero-order valence-electron chi connectivity index (χ0n) is 12.0. The van der Waals surface area contributed by atoms with Crippen molar-refractivity contribution in [2.24, 2.45) is 0 Å². The molecule has 0 spiro atoms. The fourth-order valence-corrected chi connectivity index (χ4v) is 3.98. The van der Waals surface area contributed by atoms with E-state index in [9.17, 15) is 5.11 Å². The number of aromatic nitrogens is 1. The number of hydrogen-bond acceptors (Lipinski definition) is 4. The van der Waals surface area contributed by atoms with Gasteiger partial charge in [-0.3, -0.25) is 0 Å². The van der Waals surface area contributed by atoms with Gasteiger partial charge in [-0.2, -0.15) is 0 Å². The van der Waals surface area contributed by atoms with Gasteiger partial charge in [0.1, 0.15) is 0 Å². The minimum absolute atomic E-state index is 0.0517. The van der Waals surface area contributed by atoms with E-state index < -0.39 is 0 Å². The van der Waals surface area contributed by atoms with Gasteiger partial charge >= 0.3 is 0 Å².